The van der Waals surface area contributed by atoms with Crippen LogP contribution < -0.4 is 0 Å². The average molecular weight is 171 g/mol. The lowest BCUT2D eigenvalue weighted by molar-refractivity contribution is -0.145. The number of aliphatic imine (C=N–C) groups is 1. The molecule has 0 aliphatic rings. The van der Waals surface area contributed by atoms with Crippen molar-refractivity contribution in [2.45, 2.75) is 46.3 Å². The first-order chi connectivity index (χ1) is 5.52. The number of nitrogens with zero attached hydrogens (tertiary/aromatic N) is 1. The van der Waals surface area contributed by atoms with Gasteiger partial charge in [-0.1, -0.05) is 0 Å². The summed E-state index contributed by atoms with van der Waals surface area (Å²) in [5.74, 6) is -0.214. The van der Waals surface area contributed by atoms with Crippen LogP contribution >= 0.6 is 0 Å². The number of ether oxygens (including phenoxy) is 1. The van der Waals surface area contributed by atoms with E-state index in [0.717, 1.165) is 0 Å². The normalized spacial score (nSPS) is 11.5. The number of carbonyl (C=O) groups is 1. The van der Waals surface area contributed by atoms with E-state index in [4.69, 9.17) is 4.74 Å². The molecule has 0 aliphatic carbocycles. The van der Waals surface area contributed by atoms with Crippen LogP contribution in [0.15, 0.2) is 4.99 Å². The minimum atomic E-state index is -0.214. The zero-order valence-electron chi connectivity index (χ0n) is 8.20. The molecule has 0 heterocycles. The second-order valence-corrected chi connectivity index (χ2v) is 3.17. The van der Waals surface area contributed by atoms with Gasteiger partial charge in [0.05, 0.1) is 12.5 Å². The lowest BCUT2D eigenvalue weighted by Crippen LogP contribution is -2.11. The molecule has 0 N–H and O–H groups in total. The Labute approximate surface area is 73.8 Å². The first kappa shape index (κ1) is 11.1. The molecule has 0 rings (SSSR count). The zero-order valence-corrected chi connectivity index (χ0v) is 8.20. The van der Waals surface area contributed by atoms with Crippen LogP contribution in [-0.2, 0) is 9.53 Å². The molecule has 0 fully saturated rings. The molecule has 0 aromatic carbocycles. The first-order valence-electron chi connectivity index (χ1n) is 4.23. The Hall–Kier alpha value is -0.860. The molecule has 70 valence electrons. The van der Waals surface area contributed by atoms with Crippen molar-refractivity contribution in [2.24, 2.45) is 4.99 Å². The van der Waals surface area contributed by atoms with Crippen molar-refractivity contribution in [1.82, 2.24) is 0 Å². The van der Waals surface area contributed by atoms with Crippen molar-refractivity contribution >= 4 is 12.2 Å². The van der Waals surface area contributed by atoms with Crippen molar-refractivity contribution in [1.29, 1.82) is 0 Å². The third-order valence-corrected chi connectivity index (χ3v) is 1.03. The summed E-state index contributed by atoms with van der Waals surface area (Å²) < 4.78 is 4.90. The fourth-order valence-electron chi connectivity index (χ4n) is 0.649. The summed E-state index contributed by atoms with van der Waals surface area (Å²) in [6.07, 6.45) is 1.84. The molecule has 12 heavy (non-hydrogen) atoms. The van der Waals surface area contributed by atoms with Gasteiger partial charge in [-0.3, -0.25) is 9.79 Å². The van der Waals surface area contributed by atoms with E-state index in [1.807, 2.05) is 27.7 Å². The molecule has 3 nitrogen and oxygen atoms in total. The van der Waals surface area contributed by atoms with Crippen LogP contribution in [0.4, 0.5) is 0 Å². The van der Waals surface area contributed by atoms with E-state index in [0.29, 0.717) is 0 Å². The summed E-state index contributed by atoms with van der Waals surface area (Å²) in [6.45, 7) is 7.59. The smallest absolute Gasteiger partial charge is 0.311 e. The molecule has 0 unspecified atom stereocenters. The maximum Gasteiger partial charge on any atom is 0.311 e. The topological polar surface area (TPSA) is 38.7 Å². The average Bonchev–Trinajstić information content (AvgIpc) is 1.84. The summed E-state index contributed by atoms with van der Waals surface area (Å²) in [5.41, 5.74) is 0. The Morgan fingerprint density at radius 2 is 2.00 bits per heavy atom. The third kappa shape index (κ3) is 7.25. The van der Waals surface area contributed by atoms with Gasteiger partial charge in [0.25, 0.3) is 0 Å². The van der Waals surface area contributed by atoms with Gasteiger partial charge >= 0.3 is 5.97 Å². The lowest BCUT2D eigenvalue weighted by Gasteiger charge is -2.05. The second kappa shape index (κ2) is 5.75. The van der Waals surface area contributed by atoms with Gasteiger partial charge in [0.15, 0.2) is 0 Å². The van der Waals surface area contributed by atoms with E-state index in [1.54, 1.807) is 6.21 Å². The molecule has 0 radical (unpaired) electrons. The molecule has 0 aromatic rings. The summed E-state index contributed by atoms with van der Waals surface area (Å²) >= 11 is 0. The van der Waals surface area contributed by atoms with E-state index >= 15 is 0 Å². The molecule has 0 saturated heterocycles. The van der Waals surface area contributed by atoms with Crippen molar-refractivity contribution < 1.29 is 9.53 Å². The fourth-order valence-corrected chi connectivity index (χ4v) is 0.649. The molecule has 0 spiro atoms. The van der Waals surface area contributed by atoms with E-state index in [1.165, 1.54) is 0 Å². The number of hydrogen-bond acceptors (Lipinski definition) is 3. The fraction of sp³-hybridized carbons (Fsp3) is 0.778. The number of esters is 1. The molecule has 3 heteroatoms. The Kier molecular flexibility index (Phi) is 5.34. The highest BCUT2D eigenvalue weighted by Crippen LogP contribution is 1.92. The van der Waals surface area contributed by atoms with Crippen LogP contribution in [0.1, 0.15) is 34.1 Å². The Balaban J connectivity index is 3.57. The summed E-state index contributed by atoms with van der Waals surface area (Å²) in [7, 11) is 0. The highest BCUT2D eigenvalue weighted by Gasteiger charge is 2.02. The van der Waals surface area contributed by atoms with Gasteiger partial charge < -0.3 is 4.74 Å². The van der Waals surface area contributed by atoms with Crippen LogP contribution in [0, 0.1) is 0 Å². The van der Waals surface area contributed by atoms with Gasteiger partial charge in [-0.05, 0) is 27.7 Å². The molecular weight excluding hydrogens is 154 g/mol. The van der Waals surface area contributed by atoms with Gasteiger partial charge in [-0.15, -0.1) is 0 Å². The highest BCUT2D eigenvalue weighted by molar-refractivity contribution is 5.86. The highest BCUT2D eigenvalue weighted by atomic mass is 16.5. The molecule has 0 bridgehead atoms. The van der Waals surface area contributed by atoms with E-state index in [-0.39, 0.29) is 24.5 Å². The van der Waals surface area contributed by atoms with Crippen molar-refractivity contribution in [2.75, 3.05) is 0 Å². The van der Waals surface area contributed by atoms with Crippen LogP contribution in [0.25, 0.3) is 0 Å². The van der Waals surface area contributed by atoms with Gasteiger partial charge in [0.1, 0.15) is 0 Å². The third-order valence-electron chi connectivity index (χ3n) is 1.03. The Morgan fingerprint density at radius 3 is 2.42 bits per heavy atom. The molecule has 0 saturated carbocycles. The van der Waals surface area contributed by atoms with Crippen molar-refractivity contribution in [3.63, 3.8) is 0 Å². The van der Waals surface area contributed by atoms with Crippen molar-refractivity contribution in [3.8, 4) is 0 Å². The predicted octanol–water partition coefficient (Wildman–Crippen LogP) is 1.81. The van der Waals surface area contributed by atoms with Crippen LogP contribution in [0.3, 0.4) is 0 Å². The summed E-state index contributed by atoms with van der Waals surface area (Å²) in [6, 6.07) is 0.247. The first-order valence-corrected chi connectivity index (χ1v) is 4.23. The minimum absolute atomic E-state index is 0.0371. The molecule has 0 amide bonds. The van der Waals surface area contributed by atoms with Crippen molar-refractivity contribution in [3.05, 3.63) is 0 Å². The van der Waals surface area contributed by atoms with E-state index in [9.17, 15) is 4.79 Å². The Morgan fingerprint density at radius 1 is 1.42 bits per heavy atom. The lowest BCUT2D eigenvalue weighted by atomic mass is 10.4. The van der Waals surface area contributed by atoms with Gasteiger partial charge in [0.2, 0.25) is 0 Å². The summed E-state index contributed by atoms with van der Waals surface area (Å²) in [4.78, 5) is 15.0. The molecule has 0 aromatic heterocycles. The molecule has 0 atom stereocenters. The van der Waals surface area contributed by atoms with E-state index < -0.39 is 0 Å². The Bertz CT molecular complexity index is 162. The van der Waals surface area contributed by atoms with Crippen LogP contribution in [0.5, 0.6) is 0 Å². The maximum atomic E-state index is 10.9. The van der Waals surface area contributed by atoms with Crippen LogP contribution in [-0.4, -0.2) is 24.3 Å². The van der Waals surface area contributed by atoms with Gasteiger partial charge in [-0.25, -0.2) is 0 Å². The quantitative estimate of drug-likeness (QED) is 0.478. The van der Waals surface area contributed by atoms with E-state index in [2.05, 4.69) is 4.99 Å². The maximum absolute atomic E-state index is 10.9. The SMILES string of the molecule is CC(C)N=CCC(=O)OC(C)C. The molecule has 0 aliphatic heterocycles. The van der Waals surface area contributed by atoms with Gasteiger partial charge in [-0.2, -0.15) is 0 Å². The van der Waals surface area contributed by atoms with Gasteiger partial charge in [0, 0.05) is 12.3 Å². The number of hydrogen-bond donors (Lipinski definition) is 0. The number of carbonyl (C=O) groups excluding carboxylic acids is 1. The number of rotatable bonds is 4. The zero-order chi connectivity index (χ0) is 9.56. The second-order valence-electron chi connectivity index (χ2n) is 3.17. The standard InChI is InChI=1S/C9H17NO2/c1-7(2)10-6-5-9(11)12-8(3)4/h6-8H,5H2,1-4H3. The monoisotopic (exact) mass is 171 g/mol. The summed E-state index contributed by atoms with van der Waals surface area (Å²) in [5, 5.41) is 0. The van der Waals surface area contributed by atoms with Crippen LogP contribution in [0.2, 0.25) is 0 Å². The molecular formula is C9H17NO2. The largest absolute Gasteiger partial charge is 0.463 e. The minimum Gasteiger partial charge on any atom is -0.463 e. The predicted molar refractivity (Wildman–Crippen MR) is 49.5 cm³/mol.